The second kappa shape index (κ2) is 7.58. The van der Waals surface area contributed by atoms with Gasteiger partial charge in [-0.2, -0.15) is 0 Å². The maximum atomic E-state index is 11.3. The Bertz CT molecular complexity index is 753. The molecule has 0 spiro atoms. The molecule has 0 bridgehead atoms. The lowest BCUT2D eigenvalue weighted by Gasteiger charge is -2.21. The molecule has 1 aromatic carbocycles. The van der Waals surface area contributed by atoms with Crippen molar-refractivity contribution in [2.24, 2.45) is 0 Å². The number of phosphoric ester groups is 1. The van der Waals surface area contributed by atoms with Crippen molar-refractivity contribution in [3.63, 3.8) is 0 Å². The maximum absolute atomic E-state index is 11.3. The first-order valence-electron chi connectivity index (χ1n) is 7.31. The van der Waals surface area contributed by atoms with E-state index in [2.05, 4.69) is 15.3 Å². The molecule has 7 nitrogen and oxygen atoms in total. The molecular weight excluding hydrogens is 373 g/mol. The van der Waals surface area contributed by atoms with Crippen LogP contribution in [0.5, 0.6) is 0 Å². The van der Waals surface area contributed by atoms with Crippen molar-refractivity contribution in [2.75, 3.05) is 13.1 Å². The van der Waals surface area contributed by atoms with Crippen molar-refractivity contribution >= 4 is 31.2 Å². The van der Waals surface area contributed by atoms with E-state index in [1.807, 2.05) is 0 Å². The Labute approximate surface area is 148 Å². The maximum Gasteiger partial charge on any atom is 0.470 e. The van der Waals surface area contributed by atoms with Gasteiger partial charge in [0.1, 0.15) is 6.10 Å². The second-order valence-corrected chi connectivity index (χ2v) is 7.88. The van der Waals surface area contributed by atoms with Gasteiger partial charge in [0, 0.05) is 29.7 Å². The van der Waals surface area contributed by atoms with Crippen LogP contribution in [0, 0.1) is 0 Å². The van der Waals surface area contributed by atoms with Gasteiger partial charge in [0.15, 0.2) is 5.16 Å². The van der Waals surface area contributed by atoms with Crippen LogP contribution >= 0.6 is 31.2 Å². The molecule has 2 heterocycles. The fourth-order valence-corrected chi connectivity index (χ4v) is 4.46. The van der Waals surface area contributed by atoms with Crippen LogP contribution in [0.2, 0.25) is 5.02 Å². The van der Waals surface area contributed by atoms with Crippen molar-refractivity contribution in [3.8, 4) is 0 Å². The van der Waals surface area contributed by atoms with Crippen molar-refractivity contribution in [2.45, 2.75) is 23.4 Å². The number of halogens is 1. The molecule has 0 amide bonds. The van der Waals surface area contributed by atoms with Gasteiger partial charge in [-0.1, -0.05) is 29.4 Å². The highest BCUT2D eigenvalue weighted by atomic mass is 35.5. The third-order valence-electron chi connectivity index (χ3n) is 3.73. The molecule has 1 aliphatic rings. The zero-order valence-electron chi connectivity index (χ0n) is 12.6. The van der Waals surface area contributed by atoms with E-state index >= 15 is 0 Å². The minimum atomic E-state index is -4.58. The smallest absolute Gasteiger partial charge is 0.340 e. The number of fused-ring (bicyclic) bond motifs is 1. The number of thioether (sulfide) groups is 1. The minimum Gasteiger partial charge on any atom is -0.340 e. The van der Waals surface area contributed by atoms with Crippen molar-refractivity contribution in [3.05, 3.63) is 46.2 Å². The summed E-state index contributed by atoms with van der Waals surface area (Å²) in [4.78, 5) is 25.5. The van der Waals surface area contributed by atoms with E-state index in [9.17, 15) is 4.57 Å². The van der Waals surface area contributed by atoms with Crippen LogP contribution in [-0.4, -0.2) is 32.8 Å². The van der Waals surface area contributed by atoms with Gasteiger partial charge in [-0.05, 0) is 35.7 Å². The van der Waals surface area contributed by atoms with Crippen LogP contribution in [0.25, 0.3) is 0 Å². The van der Waals surface area contributed by atoms with Gasteiger partial charge in [-0.3, -0.25) is 4.52 Å². The van der Waals surface area contributed by atoms with Gasteiger partial charge in [0.25, 0.3) is 0 Å². The lowest BCUT2D eigenvalue weighted by molar-refractivity contribution is 0.134. The Morgan fingerprint density at radius 1 is 1.46 bits per heavy atom. The van der Waals surface area contributed by atoms with Gasteiger partial charge >= 0.3 is 7.82 Å². The van der Waals surface area contributed by atoms with E-state index in [1.54, 1.807) is 24.5 Å². The van der Waals surface area contributed by atoms with Gasteiger partial charge < -0.3 is 20.1 Å². The van der Waals surface area contributed by atoms with Gasteiger partial charge in [0.05, 0.1) is 0 Å². The van der Waals surface area contributed by atoms with Crippen molar-refractivity contribution < 1.29 is 18.9 Å². The highest BCUT2D eigenvalue weighted by Gasteiger charge is 2.28. The Morgan fingerprint density at radius 3 is 3.00 bits per heavy atom. The molecule has 10 heteroatoms. The summed E-state index contributed by atoms with van der Waals surface area (Å²) in [6, 6.07) is 3.53. The lowest BCUT2D eigenvalue weighted by Crippen LogP contribution is -2.21. The predicted octanol–water partition coefficient (Wildman–Crippen LogP) is 2.65. The van der Waals surface area contributed by atoms with Crippen molar-refractivity contribution in [1.29, 1.82) is 0 Å². The van der Waals surface area contributed by atoms with Crippen LogP contribution in [0.1, 0.15) is 22.8 Å². The number of phosphoric acid groups is 1. The monoisotopic (exact) mass is 389 g/mol. The number of hydrogen-bond donors (Lipinski definition) is 4. The summed E-state index contributed by atoms with van der Waals surface area (Å²) in [7, 11) is -4.58. The van der Waals surface area contributed by atoms with Crippen LogP contribution < -0.4 is 5.32 Å². The Balaban J connectivity index is 1.92. The number of nitrogens with zero attached hydrogens (tertiary/aromatic N) is 1. The molecular formula is C14H17ClN3O4PS. The summed E-state index contributed by atoms with van der Waals surface area (Å²) in [5, 5.41) is 4.57. The second-order valence-electron chi connectivity index (χ2n) is 5.32. The van der Waals surface area contributed by atoms with Crippen molar-refractivity contribution in [1.82, 2.24) is 15.3 Å². The summed E-state index contributed by atoms with van der Waals surface area (Å²) >= 11 is 7.90. The number of imidazole rings is 1. The quantitative estimate of drug-likeness (QED) is 0.460. The van der Waals surface area contributed by atoms with Gasteiger partial charge in [-0.25, -0.2) is 9.55 Å². The van der Waals surface area contributed by atoms with E-state index in [-0.39, 0.29) is 0 Å². The topological polar surface area (TPSA) is 107 Å². The largest absolute Gasteiger partial charge is 0.470 e. The highest BCUT2D eigenvalue weighted by molar-refractivity contribution is 7.98. The number of H-pyrrole nitrogens is 1. The van der Waals surface area contributed by atoms with Crippen LogP contribution in [0.3, 0.4) is 0 Å². The van der Waals surface area contributed by atoms with E-state index in [0.717, 1.165) is 21.8 Å². The van der Waals surface area contributed by atoms with Crippen LogP contribution in [0.15, 0.2) is 29.7 Å². The highest BCUT2D eigenvalue weighted by Crippen LogP contribution is 2.44. The molecule has 0 saturated heterocycles. The van der Waals surface area contributed by atoms with Gasteiger partial charge in [0.2, 0.25) is 0 Å². The SMILES string of the molecule is O=P(O)(O)OC1CNCCc2c1ccc(Cl)c2CSc1ncc[nH]1. The Kier molecular flexibility index (Phi) is 5.66. The van der Waals surface area contributed by atoms with E-state index in [4.69, 9.17) is 25.9 Å². The minimum absolute atomic E-state index is 0.338. The predicted molar refractivity (Wildman–Crippen MR) is 92.0 cm³/mol. The number of hydrogen-bond acceptors (Lipinski definition) is 5. The average molecular weight is 390 g/mol. The average Bonchev–Trinajstić information content (AvgIpc) is 2.94. The normalized spacial score (nSPS) is 18.2. The van der Waals surface area contributed by atoms with E-state index in [0.29, 0.717) is 30.3 Å². The molecule has 0 radical (unpaired) electrons. The number of aromatic amines is 1. The fraction of sp³-hybridized carbons (Fsp3) is 0.357. The Morgan fingerprint density at radius 2 is 2.29 bits per heavy atom. The summed E-state index contributed by atoms with van der Waals surface area (Å²) < 4.78 is 16.2. The molecule has 24 heavy (non-hydrogen) atoms. The first-order chi connectivity index (χ1) is 11.4. The number of aromatic nitrogens is 2. The molecule has 130 valence electrons. The van der Waals surface area contributed by atoms with Crippen LogP contribution in [0.4, 0.5) is 0 Å². The van der Waals surface area contributed by atoms with Crippen LogP contribution in [-0.2, 0) is 21.3 Å². The standard InChI is InChI=1S/C14H17ClN3O4PS/c15-12-2-1-10-9(11(12)8-24-14-17-5-6-18-14)3-4-16-7-13(10)22-23(19,20)21/h1-2,5-6,13,16H,3-4,7-8H2,(H,17,18)(H2,19,20,21). The van der Waals surface area contributed by atoms with E-state index in [1.165, 1.54) is 11.8 Å². The molecule has 1 aromatic heterocycles. The summed E-state index contributed by atoms with van der Waals surface area (Å²) in [5.41, 5.74) is 2.69. The number of benzene rings is 1. The number of nitrogens with one attached hydrogen (secondary N) is 2. The third kappa shape index (κ3) is 4.40. The third-order valence-corrected chi connectivity index (χ3v) is 5.54. The van der Waals surface area contributed by atoms with Gasteiger partial charge in [-0.15, -0.1) is 0 Å². The molecule has 1 aliphatic heterocycles. The fourth-order valence-electron chi connectivity index (χ4n) is 2.72. The molecule has 0 aliphatic carbocycles. The number of rotatable bonds is 5. The first kappa shape index (κ1) is 17.9. The molecule has 1 unspecified atom stereocenters. The lowest BCUT2D eigenvalue weighted by atomic mass is 9.96. The summed E-state index contributed by atoms with van der Waals surface area (Å²) in [5.74, 6) is 0.609. The molecule has 3 rings (SSSR count). The Hall–Kier alpha value is -0.860. The summed E-state index contributed by atoms with van der Waals surface area (Å²) in [6.07, 6.45) is 3.44. The molecule has 4 N–H and O–H groups in total. The van der Waals surface area contributed by atoms with E-state index < -0.39 is 13.9 Å². The molecule has 0 saturated carbocycles. The summed E-state index contributed by atoms with van der Waals surface area (Å²) in [6.45, 7) is 1.03. The molecule has 1 atom stereocenters. The molecule has 0 fully saturated rings. The zero-order chi connectivity index (χ0) is 17.2. The zero-order valence-corrected chi connectivity index (χ0v) is 15.1. The first-order valence-corrected chi connectivity index (χ1v) is 10.2. The molecule has 2 aromatic rings.